The van der Waals surface area contributed by atoms with Gasteiger partial charge in [-0.05, 0) is 104 Å². The van der Waals surface area contributed by atoms with Crippen molar-refractivity contribution in [2.75, 3.05) is 0 Å². The Morgan fingerprint density at radius 1 is 0.242 bits per heavy atom. The molecular formula is C55H35N5O2. The summed E-state index contributed by atoms with van der Waals surface area (Å²) in [5.41, 5.74) is 13.4. The van der Waals surface area contributed by atoms with Crippen molar-refractivity contribution in [3.05, 3.63) is 213 Å². The van der Waals surface area contributed by atoms with Crippen LogP contribution < -0.4 is 9.47 Å². The topological polar surface area (TPSA) is 82.9 Å². The lowest BCUT2D eigenvalue weighted by Gasteiger charge is -2.24. The highest BCUT2D eigenvalue weighted by Crippen LogP contribution is 2.50. The second-order valence-electron chi connectivity index (χ2n) is 15.0. The van der Waals surface area contributed by atoms with Crippen LogP contribution in [0.25, 0.3) is 89.8 Å². The molecule has 0 fully saturated rings. The fourth-order valence-electron chi connectivity index (χ4n) is 7.81. The maximum Gasteiger partial charge on any atom is 0.170 e. The summed E-state index contributed by atoms with van der Waals surface area (Å²) in [7, 11) is 0. The number of aromatic nitrogens is 5. The molecule has 0 bridgehead atoms. The van der Waals surface area contributed by atoms with Crippen LogP contribution in [0.2, 0.25) is 0 Å². The van der Waals surface area contributed by atoms with Gasteiger partial charge in [0, 0.05) is 41.5 Å². The summed E-state index contributed by atoms with van der Waals surface area (Å²) in [6.07, 6.45) is 7.26. The van der Waals surface area contributed by atoms with E-state index >= 15 is 0 Å². The van der Waals surface area contributed by atoms with Crippen LogP contribution in [0.1, 0.15) is 0 Å². The van der Waals surface area contributed by atoms with Crippen LogP contribution in [0.15, 0.2) is 213 Å². The third-order valence-corrected chi connectivity index (χ3v) is 11.1. The van der Waals surface area contributed by atoms with Crippen molar-refractivity contribution in [2.45, 2.75) is 0 Å². The highest BCUT2D eigenvalue weighted by atomic mass is 16.6. The maximum absolute atomic E-state index is 6.70. The molecule has 1 aliphatic rings. The van der Waals surface area contributed by atoms with E-state index in [1.54, 1.807) is 0 Å². The molecule has 0 aliphatic carbocycles. The first-order valence-corrected chi connectivity index (χ1v) is 20.4. The second-order valence-corrected chi connectivity index (χ2v) is 15.0. The number of benzene rings is 7. The molecule has 0 spiro atoms. The van der Waals surface area contributed by atoms with Gasteiger partial charge in [0.1, 0.15) is 0 Å². The average Bonchev–Trinajstić information content (AvgIpc) is 3.36. The fourth-order valence-corrected chi connectivity index (χ4v) is 7.81. The molecule has 0 saturated heterocycles. The van der Waals surface area contributed by atoms with Gasteiger partial charge in [-0.1, -0.05) is 140 Å². The third kappa shape index (κ3) is 7.24. The number of ether oxygens (including phenoxy) is 2. The van der Waals surface area contributed by atoms with Crippen molar-refractivity contribution in [3.63, 3.8) is 0 Å². The molecular weight excluding hydrogens is 763 g/mol. The van der Waals surface area contributed by atoms with Gasteiger partial charge in [0.2, 0.25) is 0 Å². The zero-order valence-electron chi connectivity index (χ0n) is 33.3. The molecule has 7 nitrogen and oxygen atoms in total. The van der Waals surface area contributed by atoms with Gasteiger partial charge < -0.3 is 9.47 Å². The first-order valence-electron chi connectivity index (χ1n) is 20.4. The Hall–Kier alpha value is -8.55. The summed E-state index contributed by atoms with van der Waals surface area (Å²) in [6, 6.07) is 63.9. The fraction of sp³-hybridized carbons (Fsp3) is 0. The Labute approximate surface area is 358 Å². The molecule has 0 atom stereocenters. The first-order chi connectivity index (χ1) is 30.7. The van der Waals surface area contributed by atoms with Gasteiger partial charge in [-0.25, -0.2) is 15.0 Å². The normalized spacial score (nSPS) is 11.5. The number of fused-ring (bicyclic) bond motifs is 2. The summed E-state index contributed by atoms with van der Waals surface area (Å²) < 4.78 is 13.3. The van der Waals surface area contributed by atoms with E-state index in [-0.39, 0.29) is 0 Å². The summed E-state index contributed by atoms with van der Waals surface area (Å²) in [5, 5.41) is 0. The molecule has 4 heterocycles. The molecule has 292 valence electrons. The molecule has 0 N–H and O–H groups in total. The Morgan fingerprint density at radius 2 is 0.565 bits per heavy atom. The lowest BCUT2D eigenvalue weighted by Crippen LogP contribution is -2.01. The van der Waals surface area contributed by atoms with Crippen LogP contribution in [-0.2, 0) is 0 Å². The highest BCUT2D eigenvalue weighted by Gasteiger charge is 2.23. The molecule has 7 heteroatoms. The molecule has 0 radical (unpaired) electrons. The van der Waals surface area contributed by atoms with E-state index in [0.717, 1.165) is 72.3 Å². The molecule has 7 aromatic carbocycles. The average molecular weight is 798 g/mol. The maximum atomic E-state index is 6.70. The predicted octanol–water partition coefficient (Wildman–Crippen LogP) is 13.9. The lowest BCUT2D eigenvalue weighted by molar-refractivity contribution is 0.360. The van der Waals surface area contributed by atoms with E-state index in [4.69, 9.17) is 24.4 Å². The van der Waals surface area contributed by atoms with Gasteiger partial charge in [-0.2, -0.15) is 0 Å². The van der Waals surface area contributed by atoms with E-state index in [2.05, 4.69) is 101 Å². The first kappa shape index (κ1) is 36.5. The zero-order chi connectivity index (χ0) is 41.2. The Balaban J connectivity index is 0.919. The van der Waals surface area contributed by atoms with Crippen LogP contribution in [0.4, 0.5) is 0 Å². The number of nitrogens with zero attached hydrogens (tertiary/aromatic N) is 5. The van der Waals surface area contributed by atoms with E-state index in [1.807, 2.05) is 122 Å². The van der Waals surface area contributed by atoms with E-state index in [0.29, 0.717) is 40.5 Å². The van der Waals surface area contributed by atoms with Gasteiger partial charge in [0.25, 0.3) is 0 Å². The third-order valence-electron chi connectivity index (χ3n) is 11.1. The Kier molecular flexibility index (Phi) is 9.37. The van der Waals surface area contributed by atoms with Gasteiger partial charge in [0.05, 0.1) is 0 Å². The Morgan fingerprint density at radius 3 is 1.02 bits per heavy atom. The molecule has 0 saturated carbocycles. The minimum Gasteiger partial charge on any atom is -0.449 e. The van der Waals surface area contributed by atoms with E-state index in [9.17, 15) is 0 Å². The van der Waals surface area contributed by atoms with Crippen molar-refractivity contribution < 1.29 is 9.47 Å². The highest BCUT2D eigenvalue weighted by molar-refractivity contribution is 5.88. The minimum absolute atomic E-state index is 0.606. The van der Waals surface area contributed by atoms with Crippen molar-refractivity contribution >= 4 is 0 Å². The SMILES string of the molecule is c1ccc(-c2nc(-c3ccccc3)nc(-c3ccc(-c4ccc5c(c4)Oc4cc(-c6ccc(-c7ccncc7)cc6)c(-c6ccc(-c7ccncc7)cc6)cc4O5)cc3)n2)cc1. The second kappa shape index (κ2) is 15.9. The van der Waals surface area contributed by atoms with Crippen LogP contribution in [-0.4, -0.2) is 24.9 Å². The molecule has 3 aromatic heterocycles. The summed E-state index contributed by atoms with van der Waals surface area (Å²) >= 11 is 0. The zero-order valence-corrected chi connectivity index (χ0v) is 33.3. The number of hydrogen-bond donors (Lipinski definition) is 0. The summed E-state index contributed by atoms with van der Waals surface area (Å²) in [4.78, 5) is 23.0. The summed E-state index contributed by atoms with van der Waals surface area (Å²) in [6.45, 7) is 0. The minimum atomic E-state index is 0.606. The van der Waals surface area contributed by atoms with Gasteiger partial charge in [-0.15, -0.1) is 0 Å². The summed E-state index contributed by atoms with van der Waals surface area (Å²) in [5.74, 6) is 4.46. The standard InChI is InChI=1S/C55H35N5O2/c1-3-7-43(8-4-1)53-58-54(44-9-5-2-6-10-44)60-55(59-53)45-21-15-38(16-22-45)46-23-24-49-50(33-46)62-52-35-48(42-19-13-37(14-20-42)40-27-31-57-32-28-40)47(34-51(52)61-49)41-17-11-36(12-18-41)39-25-29-56-30-26-39/h1-35H. The van der Waals surface area contributed by atoms with Gasteiger partial charge in [-0.3, -0.25) is 9.97 Å². The van der Waals surface area contributed by atoms with Crippen LogP contribution in [0.5, 0.6) is 23.0 Å². The number of pyridine rings is 2. The van der Waals surface area contributed by atoms with Crippen molar-refractivity contribution in [1.29, 1.82) is 0 Å². The predicted molar refractivity (Wildman–Crippen MR) is 245 cm³/mol. The van der Waals surface area contributed by atoms with E-state index < -0.39 is 0 Å². The smallest absolute Gasteiger partial charge is 0.170 e. The van der Waals surface area contributed by atoms with Crippen LogP contribution >= 0.6 is 0 Å². The van der Waals surface area contributed by atoms with E-state index in [1.165, 1.54) is 0 Å². The Bertz CT molecular complexity index is 3120. The van der Waals surface area contributed by atoms with Gasteiger partial charge >= 0.3 is 0 Å². The quantitative estimate of drug-likeness (QED) is 0.151. The van der Waals surface area contributed by atoms with Crippen molar-refractivity contribution in [2.24, 2.45) is 0 Å². The van der Waals surface area contributed by atoms with Crippen LogP contribution in [0.3, 0.4) is 0 Å². The number of hydrogen-bond acceptors (Lipinski definition) is 7. The monoisotopic (exact) mass is 797 g/mol. The molecule has 0 unspecified atom stereocenters. The van der Waals surface area contributed by atoms with Crippen molar-refractivity contribution in [1.82, 2.24) is 24.9 Å². The number of rotatable bonds is 8. The molecule has 10 aromatic rings. The molecule has 11 rings (SSSR count). The molecule has 1 aliphatic heterocycles. The molecule has 0 amide bonds. The molecule has 62 heavy (non-hydrogen) atoms. The van der Waals surface area contributed by atoms with Crippen molar-refractivity contribution in [3.8, 4) is 113 Å². The lowest BCUT2D eigenvalue weighted by atomic mass is 9.91. The largest absolute Gasteiger partial charge is 0.449 e. The van der Waals surface area contributed by atoms with Crippen LogP contribution in [0, 0.1) is 0 Å². The van der Waals surface area contributed by atoms with Gasteiger partial charge in [0.15, 0.2) is 40.5 Å².